The Hall–Kier alpha value is -1.75. The van der Waals surface area contributed by atoms with Gasteiger partial charge < -0.3 is 11.1 Å². The number of aryl methyl sites for hydroxylation is 1. The molecule has 6 heteroatoms. The highest BCUT2D eigenvalue weighted by Crippen LogP contribution is 2.26. The van der Waals surface area contributed by atoms with Crippen molar-refractivity contribution in [2.24, 2.45) is 10.7 Å². The highest BCUT2D eigenvalue weighted by molar-refractivity contribution is 6.34. The first-order chi connectivity index (χ1) is 8.58. The third kappa shape index (κ3) is 3.92. The Labute approximate surface area is 111 Å². The summed E-state index contributed by atoms with van der Waals surface area (Å²) in [5, 5.41) is 5.60. The lowest BCUT2D eigenvalue weighted by Gasteiger charge is -2.12. The molecule has 0 spiro atoms. The molecular formula is C12H17ClN4O. The van der Waals surface area contributed by atoms with Crippen molar-refractivity contribution < 1.29 is 4.79 Å². The molecule has 18 heavy (non-hydrogen) atoms. The van der Waals surface area contributed by atoms with Crippen molar-refractivity contribution in [2.75, 3.05) is 11.9 Å². The lowest BCUT2D eigenvalue weighted by molar-refractivity contribution is 0.256. The first kappa shape index (κ1) is 14.3. The number of nitrogens with one attached hydrogen (secondary N) is 2. The van der Waals surface area contributed by atoms with Gasteiger partial charge >= 0.3 is 6.03 Å². The number of aliphatic imine (C=N–C) groups is 1. The van der Waals surface area contributed by atoms with Crippen LogP contribution in [0.1, 0.15) is 19.4 Å². The molecule has 2 amide bonds. The molecule has 98 valence electrons. The SMILES string of the molecule is CCN=C(N)NC(=O)Nc1c(Cl)cccc1CC. The molecule has 0 bridgehead atoms. The zero-order valence-corrected chi connectivity index (χ0v) is 11.2. The van der Waals surface area contributed by atoms with Gasteiger partial charge in [-0.15, -0.1) is 0 Å². The molecule has 0 saturated carbocycles. The van der Waals surface area contributed by atoms with E-state index in [1.165, 1.54) is 0 Å². The number of para-hydroxylation sites is 1. The van der Waals surface area contributed by atoms with Crippen LogP contribution < -0.4 is 16.4 Å². The van der Waals surface area contributed by atoms with E-state index in [9.17, 15) is 4.79 Å². The number of nitrogens with zero attached hydrogens (tertiary/aromatic N) is 1. The molecule has 0 fully saturated rings. The molecule has 0 unspecified atom stereocenters. The summed E-state index contributed by atoms with van der Waals surface area (Å²) >= 11 is 6.05. The van der Waals surface area contributed by atoms with Crippen LogP contribution in [0.2, 0.25) is 5.02 Å². The van der Waals surface area contributed by atoms with Gasteiger partial charge in [-0.25, -0.2) is 4.79 Å². The second-order valence-electron chi connectivity index (χ2n) is 3.57. The predicted octanol–water partition coefficient (Wildman–Crippen LogP) is 2.36. The summed E-state index contributed by atoms with van der Waals surface area (Å²) in [6, 6.07) is 5.02. The van der Waals surface area contributed by atoms with E-state index in [4.69, 9.17) is 17.3 Å². The van der Waals surface area contributed by atoms with E-state index >= 15 is 0 Å². The zero-order valence-electron chi connectivity index (χ0n) is 10.5. The van der Waals surface area contributed by atoms with Crippen LogP contribution in [-0.4, -0.2) is 18.5 Å². The number of hydrogen-bond donors (Lipinski definition) is 3. The lowest BCUT2D eigenvalue weighted by atomic mass is 10.1. The zero-order chi connectivity index (χ0) is 13.5. The van der Waals surface area contributed by atoms with Gasteiger partial charge in [-0.3, -0.25) is 10.3 Å². The van der Waals surface area contributed by atoms with E-state index in [1.807, 2.05) is 26.0 Å². The van der Waals surface area contributed by atoms with Gasteiger partial charge in [-0.2, -0.15) is 0 Å². The maximum Gasteiger partial charge on any atom is 0.326 e. The Morgan fingerprint density at radius 1 is 1.44 bits per heavy atom. The number of carbonyl (C=O) groups excluding carboxylic acids is 1. The van der Waals surface area contributed by atoms with E-state index in [0.29, 0.717) is 17.3 Å². The van der Waals surface area contributed by atoms with E-state index < -0.39 is 6.03 Å². The highest BCUT2D eigenvalue weighted by atomic mass is 35.5. The number of amides is 2. The standard InChI is InChI=1S/C12H17ClN4O/c1-3-8-6-5-7-9(13)10(8)16-12(18)17-11(14)15-4-2/h5-7H,3-4H2,1-2H3,(H4,14,15,16,17,18). The molecule has 0 heterocycles. The van der Waals surface area contributed by atoms with Crippen LogP contribution in [0.4, 0.5) is 10.5 Å². The number of anilines is 1. The first-order valence-corrected chi connectivity index (χ1v) is 6.11. The molecule has 0 aliphatic rings. The first-order valence-electron chi connectivity index (χ1n) is 5.73. The summed E-state index contributed by atoms with van der Waals surface area (Å²) < 4.78 is 0. The molecule has 0 aromatic heterocycles. The number of hydrogen-bond acceptors (Lipinski definition) is 2. The molecule has 1 rings (SSSR count). The molecule has 1 aromatic rings. The smallest absolute Gasteiger partial charge is 0.326 e. The number of guanidine groups is 1. The monoisotopic (exact) mass is 268 g/mol. The minimum Gasteiger partial charge on any atom is -0.370 e. The van der Waals surface area contributed by atoms with Gasteiger partial charge in [0, 0.05) is 6.54 Å². The van der Waals surface area contributed by atoms with Crippen molar-refractivity contribution in [2.45, 2.75) is 20.3 Å². The molecular weight excluding hydrogens is 252 g/mol. The number of nitrogens with two attached hydrogens (primary N) is 1. The fourth-order valence-corrected chi connectivity index (χ4v) is 1.72. The summed E-state index contributed by atoms with van der Waals surface area (Å²) in [7, 11) is 0. The van der Waals surface area contributed by atoms with Crippen molar-refractivity contribution in [1.29, 1.82) is 0 Å². The molecule has 0 saturated heterocycles. The third-order valence-corrected chi connectivity index (χ3v) is 2.60. The Balaban J connectivity index is 2.79. The minimum atomic E-state index is -0.451. The van der Waals surface area contributed by atoms with E-state index in [1.54, 1.807) is 6.07 Å². The third-order valence-electron chi connectivity index (χ3n) is 2.29. The van der Waals surface area contributed by atoms with Crippen LogP contribution in [0.15, 0.2) is 23.2 Å². The Morgan fingerprint density at radius 2 is 2.17 bits per heavy atom. The normalized spacial score (nSPS) is 11.2. The number of carbonyl (C=O) groups is 1. The molecule has 0 aliphatic heterocycles. The minimum absolute atomic E-state index is 0.0834. The molecule has 4 N–H and O–H groups in total. The molecule has 5 nitrogen and oxygen atoms in total. The van der Waals surface area contributed by atoms with Gasteiger partial charge in [0.1, 0.15) is 0 Å². The fourth-order valence-electron chi connectivity index (χ4n) is 1.47. The van der Waals surface area contributed by atoms with Crippen molar-refractivity contribution in [3.63, 3.8) is 0 Å². The van der Waals surface area contributed by atoms with Gasteiger partial charge in [0.05, 0.1) is 10.7 Å². The van der Waals surface area contributed by atoms with Gasteiger partial charge in [-0.1, -0.05) is 30.7 Å². The van der Waals surface area contributed by atoms with Gasteiger partial charge in [0.2, 0.25) is 0 Å². The van der Waals surface area contributed by atoms with E-state index in [2.05, 4.69) is 15.6 Å². The second kappa shape index (κ2) is 6.86. The van der Waals surface area contributed by atoms with Crippen LogP contribution in [0.3, 0.4) is 0 Å². The average molecular weight is 269 g/mol. The Bertz CT molecular complexity index is 459. The fraction of sp³-hybridized carbons (Fsp3) is 0.333. The van der Waals surface area contributed by atoms with Crippen LogP contribution in [0.5, 0.6) is 0 Å². The maximum absolute atomic E-state index is 11.7. The van der Waals surface area contributed by atoms with Gasteiger partial charge in [0.25, 0.3) is 0 Å². The summed E-state index contributed by atoms with van der Waals surface area (Å²) in [6.45, 7) is 4.33. The number of halogens is 1. The topological polar surface area (TPSA) is 79.5 Å². The van der Waals surface area contributed by atoms with Crippen LogP contribution in [-0.2, 0) is 6.42 Å². The summed E-state index contributed by atoms with van der Waals surface area (Å²) in [5.74, 6) is 0.0834. The summed E-state index contributed by atoms with van der Waals surface area (Å²) in [4.78, 5) is 15.5. The predicted molar refractivity (Wildman–Crippen MR) is 75.1 cm³/mol. The van der Waals surface area contributed by atoms with Crippen LogP contribution in [0.25, 0.3) is 0 Å². The largest absolute Gasteiger partial charge is 0.370 e. The van der Waals surface area contributed by atoms with Gasteiger partial charge in [-0.05, 0) is 25.0 Å². The number of rotatable bonds is 3. The second-order valence-corrected chi connectivity index (χ2v) is 3.97. The molecule has 0 radical (unpaired) electrons. The molecule has 1 aromatic carbocycles. The van der Waals surface area contributed by atoms with Crippen molar-refractivity contribution in [3.05, 3.63) is 28.8 Å². The Kier molecular flexibility index (Phi) is 5.45. The molecule has 0 atom stereocenters. The maximum atomic E-state index is 11.7. The number of urea groups is 1. The summed E-state index contributed by atoms with van der Waals surface area (Å²) in [6.07, 6.45) is 0.773. The van der Waals surface area contributed by atoms with Gasteiger partial charge in [0.15, 0.2) is 5.96 Å². The van der Waals surface area contributed by atoms with E-state index in [-0.39, 0.29) is 5.96 Å². The van der Waals surface area contributed by atoms with Crippen molar-refractivity contribution in [3.8, 4) is 0 Å². The van der Waals surface area contributed by atoms with E-state index in [0.717, 1.165) is 12.0 Å². The van der Waals surface area contributed by atoms with Crippen LogP contribution >= 0.6 is 11.6 Å². The van der Waals surface area contributed by atoms with Crippen molar-refractivity contribution >= 4 is 29.3 Å². The van der Waals surface area contributed by atoms with Crippen molar-refractivity contribution in [1.82, 2.24) is 5.32 Å². The van der Waals surface area contributed by atoms with Crippen LogP contribution in [0, 0.1) is 0 Å². The quantitative estimate of drug-likeness (QED) is 0.581. The highest BCUT2D eigenvalue weighted by Gasteiger charge is 2.09. The molecule has 0 aliphatic carbocycles. The average Bonchev–Trinajstić information content (AvgIpc) is 2.31. The summed E-state index contributed by atoms with van der Waals surface area (Å²) in [5.41, 5.74) is 7.05. The number of benzene rings is 1. The Morgan fingerprint density at radius 3 is 2.78 bits per heavy atom. The lowest BCUT2D eigenvalue weighted by Crippen LogP contribution is -2.39.